The molecule has 5 nitrogen and oxygen atoms in total. The van der Waals surface area contributed by atoms with Crippen molar-refractivity contribution in [3.63, 3.8) is 0 Å². The number of benzene rings is 3. The van der Waals surface area contributed by atoms with Gasteiger partial charge in [0, 0.05) is 16.6 Å². The van der Waals surface area contributed by atoms with Crippen molar-refractivity contribution in [1.82, 2.24) is 4.98 Å². The Morgan fingerprint density at radius 2 is 1.59 bits per heavy atom. The largest absolute Gasteiger partial charge is 0.366 e. The van der Waals surface area contributed by atoms with Crippen LogP contribution in [-0.2, 0) is 0 Å². The molecule has 3 N–H and O–H groups in total. The molecule has 142 valence electrons. The van der Waals surface area contributed by atoms with Crippen LogP contribution in [-0.4, -0.2) is 16.8 Å². The van der Waals surface area contributed by atoms with Crippen molar-refractivity contribution >= 4 is 40.0 Å². The summed E-state index contributed by atoms with van der Waals surface area (Å²) < 4.78 is 0. The van der Waals surface area contributed by atoms with Gasteiger partial charge in [0.15, 0.2) is 0 Å². The highest BCUT2D eigenvalue weighted by Crippen LogP contribution is 2.26. The van der Waals surface area contributed by atoms with Crippen LogP contribution in [0.3, 0.4) is 0 Å². The number of nitrogens with two attached hydrogens (primary N) is 1. The highest BCUT2D eigenvalue weighted by Gasteiger charge is 2.15. The molecule has 2 amide bonds. The number of pyridine rings is 1. The number of hydrogen-bond acceptors (Lipinski definition) is 3. The normalized spacial score (nSPS) is 10.7. The van der Waals surface area contributed by atoms with Gasteiger partial charge in [-0.05, 0) is 30.3 Å². The fourth-order valence-corrected chi connectivity index (χ4v) is 3.32. The Morgan fingerprint density at radius 3 is 2.34 bits per heavy atom. The lowest BCUT2D eigenvalue weighted by Crippen LogP contribution is -2.15. The number of carbonyl (C=O) groups excluding carboxylic acids is 2. The van der Waals surface area contributed by atoms with Gasteiger partial charge in [-0.2, -0.15) is 0 Å². The fourth-order valence-electron chi connectivity index (χ4n) is 3.11. The van der Waals surface area contributed by atoms with E-state index < -0.39 is 5.91 Å². The number of nitrogens with one attached hydrogen (secondary N) is 1. The minimum Gasteiger partial charge on any atom is -0.366 e. The first-order chi connectivity index (χ1) is 14.0. The lowest BCUT2D eigenvalue weighted by Gasteiger charge is -2.11. The number of amides is 2. The molecule has 0 atom stereocenters. The minimum atomic E-state index is -0.660. The number of nitrogens with zero attached hydrogens (tertiary/aromatic N) is 1. The Bertz CT molecular complexity index is 1240. The third-order valence-corrected chi connectivity index (χ3v) is 4.85. The van der Waals surface area contributed by atoms with E-state index in [1.54, 1.807) is 12.1 Å². The van der Waals surface area contributed by atoms with Crippen molar-refractivity contribution in [1.29, 1.82) is 0 Å². The van der Waals surface area contributed by atoms with E-state index in [1.807, 2.05) is 54.6 Å². The summed E-state index contributed by atoms with van der Waals surface area (Å²) >= 11 is 5.99. The van der Waals surface area contributed by atoms with Gasteiger partial charge in [-0.3, -0.25) is 9.59 Å². The third kappa shape index (κ3) is 3.81. The second kappa shape index (κ2) is 7.73. The van der Waals surface area contributed by atoms with Gasteiger partial charge in [-0.1, -0.05) is 60.1 Å². The van der Waals surface area contributed by atoms with E-state index in [1.165, 1.54) is 12.1 Å². The summed E-state index contributed by atoms with van der Waals surface area (Å²) in [4.78, 5) is 29.3. The number of carbonyl (C=O) groups is 2. The molecule has 1 aromatic heterocycles. The minimum absolute atomic E-state index is 0.147. The van der Waals surface area contributed by atoms with Gasteiger partial charge < -0.3 is 11.1 Å². The molecule has 4 rings (SSSR count). The molecule has 0 saturated carbocycles. The summed E-state index contributed by atoms with van der Waals surface area (Å²) in [5.41, 5.74) is 8.72. The first kappa shape index (κ1) is 18.7. The monoisotopic (exact) mass is 401 g/mol. The van der Waals surface area contributed by atoms with E-state index in [9.17, 15) is 9.59 Å². The topological polar surface area (TPSA) is 85.1 Å². The zero-order chi connectivity index (χ0) is 20.4. The van der Waals surface area contributed by atoms with Crippen LogP contribution in [0.5, 0.6) is 0 Å². The van der Waals surface area contributed by atoms with Crippen molar-refractivity contribution in [2.75, 3.05) is 5.32 Å². The maximum Gasteiger partial charge on any atom is 0.256 e. The smallest absolute Gasteiger partial charge is 0.256 e. The SMILES string of the molecule is NC(=O)c1cc(NC(=O)c2cc(-c3ccccc3)nc3ccccc23)ccc1Cl. The maximum absolute atomic E-state index is 13.1. The molecule has 3 aromatic carbocycles. The molecule has 0 bridgehead atoms. The molecular weight excluding hydrogens is 386 g/mol. The number of aromatic nitrogens is 1. The summed E-state index contributed by atoms with van der Waals surface area (Å²) in [6.45, 7) is 0. The molecule has 0 spiro atoms. The second-order valence-electron chi connectivity index (χ2n) is 6.45. The summed E-state index contributed by atoms with van der Waals surface area (Å²) in [5, 5.41) is 3.78. The number of primary amides is 1. The molecule has 0 fully saturated rings. The quantitative estimate of drug-likeness (QED) is 0.509. The highest BCUT2D eigenvalue weighted by atomic mass is 35.5. The average Bonchev–Trinajstić information content (AvgIpc) is 2.74. The number of fused-ring (bicyclic) bond motifs is 1. The summed E-state index contributed by atoms with van der Waals surface area (Å²) in [5.74, 6) is -0.981. The molecule has 0 aliphatic carbocycles. The first-order valence-corrected chi connectivity index (χ1v) is 9.26. The van der Waals surface area contributed by atoms with E-state index in [-0.39, 0.29) is 16.5 Å². The van der Waals surface area contributed by atoms with Crippen LogP contribution in [0, 0.1) is 0 Å². The molecule has 0 aliphatic heterocycles. The lowest BCUT2D eigenvalue weighted by atomic mass is 10.0. The molecule has 4 aromatic rings. The van der Waals surface area contributed by atoms with Crippen molar-refractivity contribution in [2.45, 2.75) is 0 Å². The number of anilines is 1. The van der Waals surface area contributed by atoms with Gasteiger partial charge in [0.25, 0.3) is 5.91 Å². The average molecular weight is 402 g/mol. The number of hydrogen-bond donors (Lipinski definition) is 2. The fraction of sp³-hybridized carbons (Fsp3) is 0. The zero-order valence-corrected chi connectivity index (χ0v) is 16.0. The maximum atomic E-state index is 13.1. The number of halogens is 1. The first-order valence-electron chi connectivity index (χ1n) is 8.89. The Balaban J connectivity index is 1.78. The Labute approximate surface area is 172 Å². The van der Waals surface area contributed by atoms with E-state index in [4.69, 9.17) is 17.3 Å². The molecular formula is C23H16ClN3O2. The molecule has 1 heterocycles. The van der Waals surface area contributed by atoms with Crippen molar-refractivity contribution in [2.24, 2.45) is 5.73 Å². The van der Waals surface area contributed by atoms with E-state index in [0.717, 1.165) is 10.9 Å². The van der Waals surface area contributed by atoms with Gasteiger partial charge in [0.1, 0.15) is 0 Å². The van der Waals surface area contributed by atoms with E-state index >= 15 is 0 Å². The molecule has 0 aliphatic rings. The predicted molar refractivity (Wildman–Crippen MR) is 115 cm³/mol. The molecule has 0 radical (unpaired) electrons. The van der Waals surface area contributed by atoms with Crippen LogP contribution in [0.4, 0.5) is 5.69 Å². The Kier molecular flexibility index (Phi) is 4.97. The van der Waals surface area contributed by atoms with Crippen LogP contribution in [0.2, 0.25) is 5.02 Å². The van der Waals surface area contributed by atoms with Gasteiger partial charge in [0.05, 0.1) is 27.4 Å². The molecule has 6 heteroatoms. The van der Waals surface area contributed by atoms with Crippen LogP contribution >= 0.6 is 11.6 Å². The van der Waals surface area contributed by atoms with E-state index in [0.29, 0.717) is 22.5 Å². The number of rotatable bonds is 4. The Morgan fingerprint density at radius 1 is 0.862 bits per heavy atom. The van der Waals surface area contributed by atoms with Crippen molar-refractivity contribution < 1.29 is 9.59 Å². The van der Waals surface area contributed by atoms with Crippen molar-refractivity contribution in [3.8, 4) is 11.3 Å². The second-order valence-corrected chi connectivity index (χ2v) is 6.86. The molecule has 0 unspecified atom stereocenters. The third-order valence-electron chi connectivity index (χ3n) is 4.52. The summed E-state index contributed by atoms with van der Waals surface area (Å²) in [6, 6.07) is 23.5. The van der Waals surface area contributed by atoms with Gasteiger partial charge >= 0.3 is 0 Å². The standard InChI is InChI=1S/C23H16ClN3O2/c24-19-11-10-15(12-18(19)22(25)28)26-23(29)17-13-21(14-6-2-1-3-7-14)27-20-9-5-4-8-16(17)20/h1-13H,(H2,25,28)(H,26,29). The van der Waals surface area contributed by atoms with Crippen LogP contribution < -0.4 is 11.1 Å². The summed E-state index contributed by atoms with van der Waals surface area (Å²) in [6.07, 6.45) is 0. The Hall–Kier alpha value is -3.70. The van der Waals surface area contributed by atoms with Crippen LogP contribution in [0.1, 0.15) is 20.7 Å². The van der Waals surface area contributed by atoms with Crippen molar-refractivity contribution in [3.05, 3.63) is 95.0 Å². The van der Waals surface area contributed by atoms with Crippen LogP contribution in [0.25, 0.3) is 22.2 Å². The molecule has 29 heavy (non-hydrogen) atoms. The summed E-state index contributed by atoms with van der Waals surface area (Å²) in [7, 11) is 0. The molecule has 0 saturated heterocycles. The van der Waals surface area contributed by atoms with E-state index in [2.05, 4.69) is 10.3 Å². The van der Waals surface area contributed by atoms with Gasteiger partial charge in [0.2, 0.25) is 5.91 Å². The highest BCUT2D eigenvalue weighted by molar-refractivity contribution is 6.34. The van der Waals surface area contributed by atoms with Gasteiger partial charge in [-0.25, -0.2) is 4.98 Å². The van der Waals surface area contributed by atoms with Crippen LogP contribution in [0.15, 0.2) is 78.9 Å². The predicted octanol–water partition coefficient (Wildman–Crippen LogP) is 4.91. The lowest BCUT2D eigenvalue weighted by molar-refractivity contribution is 0.0996. The zero-order valence-electron chi connectivity index (χ0n) is 15.2. The number of para-hydroxylation sites is 1. The van der Waals surface area contributed by atoms with Gasteiger partial charge in [-0.15, -0.1) is 0 Å².